The Morgan fingerprint density at radius 1 is 1.14 bits per heavy atom. The first-order valence-corrected chi connectivity index (χ1v) is 10.1. The van der Waals surface area contributed by atoms with Crippen molar-refractivity contribution in [3.05, 3.63) is 23.9 Å². The molecule has 0 aromatic carbocycles. The molecule has 1 aliphatic carbocycles. The highest BCUT2D eigenvalue weighted by molar-refractivity contribution is 5.86. The van der Waals surface area contributed by atoms with E-state index in [-0.39, 0.29) is 30.4 Å². The van der Waals surface area contributed by atoms with Crippen molar-refractivity contribution < 1.29 is 23.1 Å². The molecule has 1 aromatic rings. The van der Waals surface area contributed by atoms with Gasteiger partial charge in [0.25, 0.3) is 0 Å². The zero-order chi connectivity index (χ0) is 19.9. The number of carbonyl (C=O) groups excluding carboxylic acids is 1. The lowest BCUT2D eigenvalue weighted by Crippen LogP contribution is -2.50. The van der Waals surface area contributed by atoms with Gasteiger partial charge in [-0.05, 0) is 57.1 Å². The monoisotopic (exact) mass is 397 g/mol. The average molecular weight is 397 g/mol. The third-order valence-electron chi connectivity index (χ3n) is 6.62. The average Bonchev–Trinajstić information content (AvgIpc) is 2.98. The Morgan fingerprint density at radius 2 is 1.89 bits per heavy atom. The van der Waals surface area contributed by atoms with Gasteiger partial charge in [0.1, 0.15) is 5.82 Å². The number of piperidine rings is 1. The Morgan fingerprint density at radius 3 is 2.61 bits per heavy atom. The summed E-state index contributed by atoms with van der Waals surface area (Å²) >= 11 is 0. The van der Waals surface area contributed by atoms with Gasteiger partial charge in [0.2, 0.25) is 5.91 Å². The molecule has 2 aliphatic heterocycles. The molecule has 1 atom stereocenters. The fraction of sp³-hybridized carbons (Fsp3) is 0.700. The molecule has 1 amide bonds. The number of anilines is 1. The molecule has 0 radical (unpaired) electrons. The summed E-state index contributed by atoms with van der Waals surface area (Å²) in [6.45, 7) is 1.42. The molecule has 28 heavy (non-hydrogen) atoms. The number of aliphatic hydroxyl groups excluding tert-OH is 1. The Hall–Kier alpha value is -1.83. The zero-order valence-electron chi connectivity index (χ0n) is 15.8. The van der Waals surface area contributed by atoms with Gasteiger partial charge in [0.05, 0.1) is 17.1 Å². The third kappa shape index (κ3) is 3.47. The fourth-order valence-corrected chi connectivity index (χ4v) is 5.13. The minimum atomic E-state index is -4.47. The summed E-state index contributed by atoms with van der Waals surface area (Å²) in [5.41, 5.74) is -1.36. The zero-order valence-corrected chi connectivity index (χ0v) is 15.8. The number of aromatic nitrogens is 1. The van der Waals surface area contributed by atoms with Crippen LogP contribution in [0, 0.1) is 5.41 Å². The van der Waals surface area contributed by atoms with E-state index in [0.717, 1.165) is 18.9 Å². The molecule has 1 N–H and O–H groups in total. The molecule has 5 nitrogen and oxygen atoms in total. The van der Waals surface area contributed by atoms with Crippen molar-refractivity contribution in [3.8, 4) is 0 Å². The second-order valence-corrected chi connectivity index (χ2v) is 8.39. The summed E-state index contributed by atoms with van der Waals surface area (Å²) in [4.78, 5) is 20.9. The van der Waals surface area contributed by atoms with Crippen LogP contribution in [0.1, 0.15) is 50.5 Å². The first kappa shape index (κ1) is 19.5. The lowest BCUT2D eigenvalue weighted by molar-refractivity contribution is -0.139. The maximum absolute atomic E-state index is 13.4. The maximum atomic E-state index is 13.4. The number of carbonyl (C=O) groups is 1. The van der Waals surface area contributed by atoms with Crippen LogP contribution in [0.3, 0.4) is 0 Å². The lowest BCUT2D eigenvalue weighted by Gasteiger charge is -2.41. The van der Waals surface area contributed by atoms with Crippen LogP contribution in [-0.2, 0) is 11.0 Å². The molecule has 3 fully saturated rings. The summed E-state index contributed by atoms with van der Waals surface area (Å²) in [6, 6.07) is 2.50. The fourth-order valence-electron chi connectivity index (χ4n) is 5.13. The van der Waals surface area contributed by atoms with E-state index in [0.29, 0.717) is 45.2 Å². The van der Waals surface area contributed by atoms with Gasteiger partial charge in [0, 0.05) is 31.9 Å². The minimum absolute atomic E-state index is 0.0684. The highest BCUT2D eigenvalue weighted by atomic mass is 19.4. The molecule has 3 heterocycles. The van der Waals surface area contributed by atoms with Crippen LogP contribution in [0.2, 0.25) is 0 Å². The van der Waals surface area contributed by atoms with Gasteiger partial charge >= 0.3 is 6.18 Å². The maximum Gasteiger partial charge on any atom is 0.419 e. The Bertz CT molecular complexity index is 734. The van der Waals surface area contributed by atoms with Crippen molar-refractivity contribution in [1.29, 1.82) is 0 Å². The van der Waals surface area contributed by atoms with E-state index in [1.54, 1.807) is 4.90 Å². The summed E-state index contributed by atoms with van der Waals surface area (Å²) < 4.78 is 40.3. The summed E-state index contributed by atoms with van der Waals surface area (Å²) in [5, 5.41) is 9.72. The van der Waals surface area contributed by atoms with Crippen molar-refractivity contribution in [3.63, 3.8) is 0 Å². The minimum Gasteiger partial charge on any atom is -0.393 e. The number of nitrogens with zero attached hydrogens (tertiary/aromatic N) is 3. The van der Waals surface area contributed by atoms with Gasteiger partial charge in [0.15, 0.2) is 0 Å². The number of halogens is 3. The van der Waals surface area contributed by atoms with Crippen molar-refractivity contribution in [2.24, 2.45) is 5.41 Å². The number of likely N-dealkylation sites (tertiary alicyclic amines) is 1. The number of amides is 1. The Balaban J connectivity index is 1.54. The molecule has 2 saturated heterocycles. The van der Waals surface area contributed by atoms with E-state index >= 15 is 0 Å². The van der Waals surface area contributed by atoms with E-state index in [1.807, 2.05) is 4.90 Å². The molecule has 1 spiro atoms. The first-order valence-electron chi connectivity index (χ1n) is 10.1. The molecular formula is C20H26F3N3O2. The molecule has 0 bridgehead atoms. The summed E-state index contributed by atoms with van der Waals surface area (Å²) in [7, 11) is 0. The van der Waals surface area contributed by atoms with Gasteiger partial charge < -0.3 is 14.9 Å². The molecule has 4 rings (SSSR count). The normalized spacial score (nSPS) is 31.6. The highest BCUT2D eigenvalue weighted by Gasteiger charge is 2.51. The Kier molecular flexibility index (Phi) is 5.02. The van der Waals surface area contributed by atoms with Crippen LogP contribution in [-0.4, -0.2) is 52.7 Å². The van der Waals surface area contributed by atoms with Crippen molar-refractivity contribution in [1.82, 2.24) is 9.88 Å². The van der Waals surface area contributed by atoms with Gasteiger partial charge in [-0.1, -0.05) is 0 Å². The first-order chi connectivity index (χ1) is 13.3. The molecule has 154 valence electrons. The Labute approximate surface area is 162 Å². The van der Waals surface area contributed by atoms with Crippen LogP contribution in [0.15, 0.2) is 18.3 Å². The third-order valence-corrected chi connectivity index (χ3v) is 6.62. The molecule has 0 unspecified atom stereocenters. The van der Waals surface area contributed by atoms with Crippen LogP contribution >= 0.6 is 0 Å². The molecular weight excluding hydrogens is 371 g/mol. The van der Waals surface area contributed by atoms with Gasteiger partial charge in [-0.2, -0.15) is 13.2 Å². The number of alkyl halides is 3. The number of aliphatic hydroxyl groups is 1. The topological polar surface area (TPSA) is 56.7 Å². The van der Waals surface area contributed by atoms with Crippen LogP contribution in [0.25, 0.3) is 0 Å². The largest absolute Gasteiger partial charge is 0.419 e. The number of pyridine rings is 1. The lowest BCUT2D eigenvalue weighted by atomic mass is 9.78. The van der Waals surface area contributed by atoms with Crippen LogP contribution in [0.4, 0.5) is 19.0 Å². The second kappa shape index (κ2) is 7.21. The number of rotatable bonds is 2. The van der Waals surface area contributed by atoms with E-state index in [4.69, 9.17) is 0 Å². The SMILES string of the molecule is O=C1N(C2CCC(O)CC2)CC[C@@]12CCCN(c1ncccc1C(F)(F)F)C2. The molecule has 1 aromatic heterocycles. The molecule has 8 heteroatoms. The van der Waals surface area contributed by atoms with Crippen LogP contribution < -0.4 is 4.90 Å². The number of hydrogen-bond acceptors (Lipinski definition) is 4. The van der Waals surface area contributed by atoms with E-state index in [1.165, 1.54) is 12.3 Å². The standard InChI is InChI=1S/C20H26F3N3O2/c21-20(22,23)16-3-1-10-24-17(16)25-11-2-8-19(13-25)9-12-26(18(19)28)14-4-6-15(27)7-5-14/h1,3,10,14-15,27H,2,4-9,11-13H2/t14?,15?,19-/m1/s1. The van der Waals surface area contributed by atoms with Gasteiger partial charge in [-0.25, -0.2) is 4.98 Å². The van der Waals surface area contributed by atoms with E-state index in [9.17, 15) is 23.1 Å². The van der Waals surface area contributed by atoms with E-state index in [2.05, 4.69) is 4.98 Å². The van der Waals surface area contributed by atoms with Crippen LogP contribution in [0.5, 0.6) is 0 Å². The van der Waals surface area contributed by atoms with Crippen molar-refractivity contribution in [2.45, 2.75) is 63.3 Å². The quantitative estimate of drug-likeness (QED) is 0.833. The van der Waals surface area contributed by atoms with E-state index < -0.39 is 17.2 Å². The van der Waals surface area contributed by atoms with Gasteiger partial charge in [-0.15, -0.1) is 0 Å². The summed E-state index contributed by atoms with van der Waals surface area (Å²) in [6.07, 6.45) is 1.70. The smallest absolute Gasteiger partial charge is 0.393 e. The van der Waals surface area contributed by atoms with Gasteiger partial charge in [-0.3, -0.25) is 4.79 Å². The highest BCUT2D eigenvalue weighted by Crippen LogP contribution is 2.45. The predicted octanol–water partition coefficient (Wildman–Crippen LogP) is 3.22. The van der Waals surface area contributed by atoms with Crippen molar-refractivity contribution >= 4 is 11.7 Å². The van der Waals surface area contributed by atoms with Crippen molar-refractivity contribution in [2.75, 3.05) is 24.5 Å². The molecule has 3 aliphatic rings. The molecule has 1 saturated carbocycles. The second-order valence-electron chi connectivity index (χ2n) is 8.39. The summed E-state index contributed by atoms with van der Waals surface area (Å²) in [5.74, 6) is 0.00388. The number of hydrogen-bond donors (Lipinski definition) is 1. The predicted molar refractivity (Wildman–Crippen MR) is 97.7 cm³/mol.